The molecule has 1 aromatic heterocycles. The number of fused-ring (bicyclic) bond motifs is 1. The molecule has 3 heterocycles. The molecule has 2 aliphatic heterocycles. The van der Waals surface area contributed by atoms with Gasteiger partial charge < -0.3 is 19.3 Å². The lowest BCUT2D eigenvalue weighted by Crippen LogP contribution is -2.29. The van der Waals surface area contributed by atoms with Crippen LogP contribution in [0.5, 0.6) is 5.75 Å². The topological polar surface area (TPSA) is 88.7 Å². The molecule has 1 fully saturated rings. The number of aromatic nitrogens is 2. The number of likely N-dealkylation sites (tertiary alicyclic amines) is 1. The molecule has 0 spiro atoms. The molecule has 0 saturated carbocycles. The Morgan fingerprint density at radius 1 is 1.40 bits per heavy atom. The van der Waals surface area contributed by atoms with Crippen molar-refractivity contribution in [2.45, 2.75) is 44.8 Å². The summed E-state index contributed by atoms with van der Waals surface area (Å²) in [4.78, 5) is 17.7. The minimum Gasteiger partial charge on any atom is -0.493 e. The van der Waals surface area contributed by atoms with Gasteiger partial charge in [-0.2, -0.15) is 4.98 Å². The van der Waals surface area contributed by atoms with Gasteiger partial charge in [0.25, 0.3) is 0 Å². The smallest absolute Gasteiger partial charge is 0.249 e. The first-order valence-electron chi connectivity index (χ1n) is 8.62. The van der Waals surface area contributed by atoms with Crippen LogP contribution in [0.15, 0.2) is 22.7 Å². The Hall–Kier alpha value is -2.41. The second-order valence-corrected chi connectivity index (χ2v) is 6.67. The zero-order valence-electron chi connectivity index (χ0n) is 14.1. The summed E-state index contributed by atoms with van der Waals surface area (Å²) >= 11 is 0. The maximum atomic E-state index is 11.7. The van der Waals surface area contributed by atoms with Gasteiger partial charge in [0, 0.05) is 32.7 Å². The Morgan fingerprint density at radius 3 is 3.12 bits per heavy atom. The minimum absolute atomic E-state index is 0.0957. The Bertz CT molecular complexity index is 788. The summed E-state index contributed by atoms with van der Waals surface area (Å²) < 4.78 is 10.9. The van der Waals surface area contributed by atoms with Crippen molar-refractivity contribution in [3.63, 3.8) is 0 Å². The van der Waals surface area contributed by atoms with E-state index in [0.29, 0.717) is 31.1 Å². The zero-order chi connectivity index (χ0) is 17.4. The van der Waals surface area contributed by atoms with E-state index >= 15 is 0 Å². The van der Waals surface area contributed by atoms with E-state index in [2.05, 4.69) is 22.3 Å². The standard InChI is InChI=1S/C18H21N3O4/c1-11(22)21-10-14(23)9-15(21)18-19-17(20-25-18)5-3-12-2-4-16-13(8-12)6-7-24-16/h2,4,8,14-15,23H,3,5-7,9-10H2,1H3/t14-,15+/m0/s1. The van der Waals surface area contributed by atoms with Crippen LogP contribution in [-0.4, -0.2) is 45.3 Å². The van der Waals surface area contributed by atoms with Crippen LogP contribution in [0.25, 0.3) is 0 Å². The van der Waals surface area contributed by atoms with Gasteiger partial charge in [-0.05, 0) is 23.6 Å². The van der Waals surface area contributed by atoms with Gasteiger partial charge in [-0.15, -0.1) is 0 Å². The van der Waals surface area contributed by atoms with E-state index in [4.69, 9.17) is 9.26 Å². The number of aliphatic hydroxyl groups excluding tert-OH is 1. The summed E-state index contributed by atoms with van der Waals surface area (Å²) in [5.41, 5.74) is 2.47. The van der Waals surface area contributed by atoms with Crippen LogP contribution in [0.4, 0.5) is 0 Å². The molecule has 0 unspecified atom stereocenters. The SMILES string of the molecule is CC(=O)N1C[C@@H](O)C[C@@H]1c1nc(CCc2ccc3c(c2)CCO3)no1. The van der Waals surface area contributed by atoms with E-state index in [1.54, 1.807) is 4.90 Å². The van der Waals surface area contributed by atoms with Crippen LogP contribution in [0, 0.1) is 0 Å². The molecular formula is C18H21N3O4. The quantitative estimate of drug-likeness (QED) is 0.904. The van der Waals surface area contributed by atoms with E-state index < -0.39 is 6.10 Å². The number of carbonyl (C=O) groups is 1. The monoisotopic (exact) mass is 343 g/mol. The van der Waals surface area contributed by atoms with Crippen LogP contribution in [0.1, 0.15) is 42.2 Å². The molecule has 0 aliphatic carbocycles. The van der Waals surface area contributed by atoms with E-state index in [-0.39, 0.29) is 11.9 Å². The van der Waals surface area contributed by atoms with E-state index in [9.17, 15) is 9.90 Å². The highest BCUT2D eigenvalue weighted by molar-refractivity contribution is 5.74. The van der Waals surface area contributed by atoms with Crippen LogP contribution in [0.3, 0.4) is 0 Å². The molecule has 1 N–H and O–H groups in total. The first kappa shape index (κ1) is 16.1. The number of rotatable bonds is 4. The van der Waals surface area contributed by atoms with E-state index in [0.717, 1.165) is 25.2 Å². The Labute approximate surface area is 145 Å². The maximum absolute atomic E-state index is 11.7. The fourth-order valence-corrected chi connectivity index (χ4v) is 3.55. The Morgan fingerprint density at radius 2 is 2.28 bits per heavy atom. The van der Waals surface area contributed by atoms with Crippen LogP contribution < -0.4 is 4.74 Å². The van der Waals surface area contributed by atoms with E-state index in [1.165, 1.54) is 18.1 Å². The van der Waals surface area contributed by atoms with Crippen LogP contribution >= 0.6 is 0 Å². The third kappa shape index (κ3) is 3.24. The lowest BCUT2D eigenvalue weighted by Gasteiger charge is -2.19. The van der Waals surface area contributed by atoms with Crippen molar-refractivity contribution in [1.82, 2.24) is 15.0 Å². The second kappa shape index (κ2) is 6.48. The van der Waals surface area contributed by atoms with Gasteiger partial charge >= 0.3 is 0 Å². The van der Waals surface area contributed by atoms with E-state index in [1.807, 2.05) is 6.07 Å². The zero-order valence-corrected chi connectivity index (χ0v) is 14.1. The molecule has 7 nitrogen and oxygen atoms in total. The molecule has 2 atom stereocenters. The molecule has 1 amide bonds. The largest absolute Gasteiger partial charge is 0.493 e. The first-order valence-corrected chi connectivity index (χ1v) is 8.62. The van der Waals surface area contributed by atoms with Crippen molar-refractivity contribution in [2.75, 3.05) is 13.2 Å². The van der Waals surface area contributed by atoms with Crippen molar-refractivity contribution < 1.29 is 19.2 Å². The molecule has 1 aromatic carbocycles. The highest BCUT2D eigenvalue weighted by Gasteiger charge is 2.37. The van der Waals surface area contributed by atoms with Crippen molar-refractivity contribution in [3.05, 3.63) is 41.0 Å². The fourth-order valence-electron chi connectivity index (χ4n) is 3.55. The summed E-state index contributed by atoms with van der Waals surface area (Å²) in [6.45, 7) is 2.56. The molecule has 132 valence electrons. The van der Waals surface area contributed by atoms with Crippen LogP contribution in [-0.2, 0) is 24.1 Å². The van der Waals surface area contributed by atoms with Gasteiger partial charge in [-0.1, -0.05) is 17.3 Å². The number of nitrogens with zero attached hydrogens (tertiary/aromatic N) is 3. The van der Waals surface area contributed by atoms with Crippen molar-refractivity contribution in [3.8, 4) is 5.75 Å². The lowest BCUT2D eigenvalue weighted by molar-refractivity contribution is -0.130. The van der Waals surface area contributed by atoms with Crippen LogP contribution in [0.2, 0.25) is 0 Å². The summed E-state index contributed by atoms with van der Waals surface area (Å²) in [5.74, 6) is 1.91. The summed E-state index contributed by atoms with van der Waals surface area (Å²) in [5, 5.41) is 13.9. The predicted octanol–water partition coefficient (Wildman–Crippen LogP) is 1.44. The number of hydrogen-bond acceptors (Lipinski definition) is 6. The maximum Gasteiger partial charge on any atom is 0.249 e. The molecule has 2 aromatic rings. The van der Waals surface area contributed by atoms with Gasteiger partial charge in [0.15, 0.2) is 5.82 Å². The fraction of sp³-hybridized carbons (Fsp3) is 0.500. The normalized spacial score (nSPS) is 22.1. The molecule has 4 rings (SSSR count). The number of aliphatic hydroxyl groups is 1. The molecule has 2 aliphatic rings. The summed E-state index contributed by atoms with van der Waals surface area (Å²) in [7, 11) is 0. The highest BCUT2D eigenvalue weighted by atomic mass is 16.5. The number of ether oxygens (including phenoxy) is 1. The minimum atomic E-state index is -0.544. The molecule has 0 radical (unpaired) electrons. The van der Waals surface area contributed by atoms with Gasteiger partial charge in [-0.3, -0.25) is 4.79 Å². The average molecular weight is 343 g/mol. The molecule has 1 saturated heterocycles. The molecule has 25 heavy (non-hydrogen) atoms. The van der Waals surface area contributed by atoms with Gasteiger partial charge in [-0.25, -0.2) is 0 Å². The van der Waals surface area contributed by atoms with Crippen molar-refractivity contribution in [2.24, 2.45) is 0 Å². The predicted molar refractivity (Wildman–Crippen MR) is 88.1 cm³/mol. The highest BCUT2D eigenvalue weighted by Crippen LogP contribution is 2.31. The number of carbonyl (C=O) groups excluding carboxylic acids is 1. The van der Waals surface area contributed by atoms with Gasteiger partial charge in [0.05, 0.1) is 12.7 Å². The lowest BCUT2D eigenvalue weighted by atomic mass is 10.0. The number of hydrogen-bond donors (Lipinski definition) is 1. The molecular weight excluding hydrogens is 322 g/mol. The number of β-amino-alcohol motifs (C(OH)–C–C–N with tert-alkyl or cyclic N) is 1. The first-order chi connectivity index (χ1) is 12.1. The third-order valence-electron chi connectivity index (χ3n) is 4.84. The van der Waals surface area contributed by atoms with Crippen molar-refractivity contribution >= 4 is 5.91 Å². The average Bonchev–Trinajstić information content (AvgIpc) is 3.31. The van der Waals surface area contributed by atoms with Gasteiger partial charge in [0.1, 0.15) is 11.8 Å². The number of aryl methyl sites for hydroxylation is 2. The number of amides is 1. The molecule has 7 heteroatoms. The third-order valence-corrected chi connectivity index (χ3v) is 4.84. The summed E-state index contributed by atoms with van der Waals surface area (Å²) in [6, 6.07) is 5.93. The van der Waals surface area contributed by atoms with Gasteiger partial charge in [0.2, 0.25) is 11.8 Å². The van der Waals surface area contributed by atoms with Crippen molar-refractivity contribution in [1.29, 1.82) is 0 Å². The Balaban J connectivity index is 1.42. The Kier molecular flexibility index (Phi) is 4.17. The second-order valence-electron chi connectivity index (χ2n) is 6.67. The number of benzene rings is 1. The molecule has 0 bridgehead atoms. The summed E-state index contributed by atoms with van der Waals surface area (Å²) in [6.07, 6.45) is 2.33.